The quantitative estimate of drug-likeness (QED) is 0.655. The Morgan fingerprint density at radius 3 is 2.59 bits per heavy atom. The fraction of sp³-hybridized carbons (Fsp3) is 0.200. The minimum atomic E-state index is -1.14. The highest BCUT2D eigenvalue weighted by Crippen LogP contribution is 2.14. The van der Waals surface area contributed by atoms with Gasteiger partial charge in [0.05, 0.1) is 12.3 Å². The van der Waals surface area contributed by atoms with Crippen LogP contribution in [0.15, 0.2) is 18.2 Å². The van der Waals surface area contributed by atoms with Crippen molar-refractivity contribution in [2.75, 3.05) is 18.5 Å². The largest absolute Gasteiger partial charge is 0.395 e. The van der Waals surface area contributed by atoms with Crippen LogP contribution in [0.25, 0.3) is 0 Å². The van der Waals surface area contributed by atoms with Gasteiger partial charge in [-0.3, -0.25) is 9.59 Å². The van der Waals surface area contributed by atoms with Gasteiger partial charge in [-0.1, -0.05) is 0 Å². The number of benzene rings is 1. The zero-order valence-electron chi connectivity index (χ0n) is 8.67. The van der Waals surface area contributed by atoms with Gasteiger partial charge in [0.1, 0.15) is 11.6 Å². The Morgan fingerprint density at radius 1 is 1.24 bits per heavy atom. The topological polar surface area (TPSA) is 78.4 Å². The minimum Gasteiger partial charge on any atom is -0.395 e. The first-order chi connectivity index (χ1) is 8.04. The molecule has 1 aromatic rings. The van der Waals surface area contributed by atoms with Gasteiger partial charge in [-0.15, -0.1) is 0 Å². The molecule has 0 aromatic heterocycles. The van der Waals surface area contributed by atoms with Gasteiger partial charge in [-0.05, 0) is 12.1 Å². The second-order valence-corrected chi connectivity index (χ2v) is 3.06. The van der Waals surface area contributed by atoms with Gasteiger partial charge in [0.15, 0.2) is 0 Å². The number of aliphatic hydroxyl groups is 1. The molecule has 1 rings (SSSR count). The molecule has 5 nitrogen and oxygen atoms in total. The molecule has 0 radical (unpaired) electrons. The molecule has 0 fully saturated rings. The van der Waals surface area contributed by atoms with Crippen molar-refractivity contribution >= 4 is 17.5 Å². The van der Waals surface area contributed by atoms with Crippen LogP contribution in [0.2, 0.25) is 0 Å². The average Bonchev–Trinajstić information content (AvgIpc) is 2.30. The molecule has 0 atom stereocenters. The highest BCUT2D eigenvalue weighted by Gasteiger charge is 2.15. The number of aliphatic hydroxyl groups excluding tert-OH is 1. The molecule has 17 heavy (non-hydrogen) atoms. The molecular weight excluding hydrogens is 234 g/mol. The van der Waals surface area contributed by atoms with Crippen LogP contribution in [0.3, 0.4) is 0 Å². The Balaban J connectivity index is 2.67. The summed E-state index contributed by atoms with van der Waals surface area (Å²) in [5.41, 5.74) is -0.422. The lowest BCUT2D eigenvalue weighted by molar-refractivity contribution is -0.136. The van der Waals surface area contributed by atoms with Crippen molar-refractivity contribution in [3.63, 3.8) is 0 Å². The lowest BCUT2D eigenvalue weighted by atomic mass is 10.3. The zero-order chi connectivity index (χ0) is 12.8. The van der Waals surface area contributed by atoms with Gasteiger partial charge in [0, 0.05) is 12.6 Å². The number of nitrogens with one attached hydrogen (secondary N) is 2. The van der Waals surface area contributed by atoms with Crippen molar-refractivity contribution in [3.8, 4) is 0 Å². The van der Waals surface area contributed by atoms with Crippen molar-refractivity contribution in [1.29, 1.82) is 0 Å². The van der Waals surface area contributed by atoms with Gasteiger partial charge in [0.2, 0.25) is 0 Å². The van der Waals surface area contributed by atoms with Crippen LogP contribution in [0, 0.1) is 11.6 Å². The number of anilines is 1. The summed E-state index contributed by atoms with van der Waals surface area (Å²) in [5, 5.41) is 12.4. The molecule has 7 heteroatoms. The summed E-state index contributed by atoms with van der Waals surface area (Å²) in [4.78, 5) is 22.2. The Morgan fingerprint density at radius 2 is 1.94 bits per heavy atom. The van der Waals surface area contributed by atoms with Gasteiger partial charge in [-0.2, -0.15) is 0 Å². The highest BCUT2D eigenvalue weighted by molar-refractivity contribution is 6.39. The summed E-state index contributed by atoms with van der Waals surface area (Å²) in [6.07, 6.45) is 0. The van der Waals surface area contributed by atoms with E-state index in [2.05, 4.69) is 5.32 Å². The van der Waals surface area contributed by atoms with Crippen molar-refractivity contribution in [1.82, 2.24) is 5.32 Å². The van der Waals surface area contributed by atoms with Gasteiger partial charge in [0.25, 0.3) is 0 Å². The molecule has 2 amide bonds. The van der Waals surface area contributed by atoms with E-state index in [0.29, 0.717) is 0 Å². The fourth-order valence-electron chi connectivity index (χ4n) is 1.02. The molecule has 1 aromatic carbocycles. The van der Waals surface area contributed by atoms with E-state index in [1.807, 2.05) is 5.32 Å². The lowest BCUT2D eigenvalue weighted by Crippen LogP contribution is -2.37. The smallest absolute Gasteiger partial charge is 0.313 e. The summed E-state index contributed by atoms with van der Waals surface area (Å²) in [5.74, 6) is -3.77. The molecule has 92 valence electrons. The molecule has 0 spiro atoms. The van der Waals surface area contributed by atoms with Crippen molar-refractivity contribution in [2.24, 2.45) is 0 Å². The molecule has 3 N–H and O–H groups in total. The van der Waals surface area contributed by atoms with Crippen LogP contribution in [0.5, 0.6) is 0 Å². The number of hydrogen-bond donors (Lipinski definition) is 3. The molecule has 0 aliphatic carbocycles. The molecule has 0 aliphatic heterocycles. The third kappa shape index (κ3) is 3.80. The van der Waals surface area contributed by atoms with E-state index in [0.717, 1.165) is 18.2 Å². The molecule has 0 aliphatic rings. The molecular formula is C10H10F2N2O3. The Labute approximate surface area is 95.4 Å². The minimum absolute atomic E-state index is 0.0993. The Bertz CT molecular complexity index is 438. The second kappa shape index (κ2) is 5.90. The normalized spacial score (nSPS) is 9.82. The van der Waals surface area contributed by atoms with Gasteiger partial charge >= 0.3 is 11.8 Å². The molecule has 0 unspecified atom stereocenters. The van der Waals surface area contributed by atoms with E-state index >= 15 is 0 Å². The maximum atomic E-state index is 13.1. The number of amides is 2. The summed E-state index contributed by atoms with van der Waals surface area (Å²) in [7, 11) is 0. The van der Waals surface area contributed by atoms with Crippen molar-refractivity contribution in [3.05, 3.63) is 29.8 Å². The zero-order valence-corrected chi connectivity index (χ0v) is 8.67. The van der Waals surface area contributed by atoms with Crippen molar-refractivity contribution < 1.29 is 23.5 Å². The number of halogens is 2. The highest BCUT2D eigenvalue weighted by atomic mass is 19.1. The summed E-state index contributed by atoms with van der Waals surface area (Å²) in [6.45, 7) is -0.425. The van der Waals surface area contributed by atoms with Crippen LogP contribution in [-0.2, 0) is 9.59 Å². The number of carbonyl (C=O) groups is 2. The summed E-state index contributed by atoms with van der Waals surface area (Å²) >= 11 is 0. The molecule has 0 bridgehead atoms. The molecule has 0 saturated heterocycles. The standard InChI is InChI=1S/C10H10F2N2O3/c11-6-1-2-7(12)8(5-6)14-10(17)9(16)13-3-4-15/h1-2,5,15H,3-4H2,(H,13,16)(H,14,17). The number of carbonyl (C=O) groups excluding carboxylic acids is 2. The molecule has 0 heterocycles. The first-order valence-corrected chi connectivity index (χ1v) is 4.69. The maximum absolute atomic E-state index is 13.1. The van der Waals surface area contributed by atoms with E-state index in [9.17, 15) is 18.4 Å². The maximum Gasteiger partial charge on any atom is 0.313 e. The van der Waals surface area contributed by atoms with Crippen LogP contribution in [-0.4, -0.2) is 30.1 Å². The Kier molecular flexibility index (Phi) is 4.53. The predicted octanol–water partition coefficient (Wildman–Crippen LogP) is 0.0118. The third-order valence-corrected chi connectivity index (χ3v) is 1.78. The first-order valence-electron chi connectivity index (χ1n) is 4.69. The Hall–Kier alpha value is -2.02. The van der Waals surface area contributed by atoms with Crippen LogP contribution in [0.1, 0.15) is 0 Å². The van der Waals surface area contributed by atoms with E-state index < -0.39 is 29.1 Å². The van der Waals surface area contributed by atoms with E-state index in [-0.39, 0.29) is 13.2 Å². The van der Waals surface area contributed by atoms with Crippen molar-refractivity contribution in [2.45, 2.75) is 0 Å². The van der Waals surface area contributed by atoms with Crippen LogP contribution >= 0.6 is 0 Å². The van der Waals surface area contributed by atoms with Crippen LogP contribution in [0.4, 0.5) is 14.5 Å². The molecule has 0 saturated carbocycles. The third-order valence-electron chi connectivity index (χ3n) is 1.78. The van der Waals surface area contributed by atoms with Crippen LogP contribution < -0.4 is 10.6 Å². The van der Waals surface area contributed by atoms with E-state index in [4.69, 9.17) is 5.11 Å². The number of hydrogen-bond acceptors (Lipinski definition) is 3. The van der Waals surface area contributed by atoms with Gasteiger partial charge < -0.3 is 15.7 Å². The van der Waals surface area contributed by atoms with E-state index in [1.165, 1.54) is 0 Å². The van der Waals surface area contributed by atoms with E-state index in [1.54, 1.807) is 0 Å². The summed E-state index contributed by atoms with van der Waals surface area (Å²) in [6, 6.07) is 2.47. The summed E-state index contributed by atoms with van der Waals surface area (Å²) < 4.78 is 25.8. The average molecular weight is 244 g/mol. The lowest BCUT2D eigenvalue weighted by Gasteiger charge is -2.06. The first kappa shape index (κ1) is 13.0. The monoisotopic (exact) mass is 244 g/mol. The predicted molar refractivity (Wildman–Crippen MR) is 55.1 cm³/mol. The number of rotatable bonds is 3. The fourth-order valence-corrected chi connectivity index (χ4v) is 1.02. The SMILES string of the molecule is O=C(NCCO)C(=O)Nc1cc(F)ccc1F. The second-order valence-electron chi connectivity index (χ2n) is 3.06. The van der Waals surface area contributed by atoms with Gasteiger partial charge in [-0.25, -0.2) is 8.78 Å².